The lowest BCUT2D eigenvalue weighted by molar-refractivity contribution is 0.112. The van der Waals surface area contributed by atoms with Gasteiger partial charge in [0.25, 0.3) is 0 Å². The first kappa shape index (κ1) is 16.5. The second-order valence-electron chi connectivity index (χ2n) is 6.00. The monoisotopic (exact) mass is 289 g/mol. The highest BCUT2D eigenvalue weighted by Gasteiger charge is 2.29. The Kier molecular flexibility index (Phi) is 6.68. The first-order valence-corrected chi connectivity index (χ1v) is 8.50. The average Bonchev–Trinajstić information content (AvgIpc) is 2.99. The third kappa shape index (κ3) is 4.80. The maximum absolute atomic E-state index is 2.70. The zero-order chi connectivity index (χ0) is 15.1. The van der Waals surface area contributed by atoms with Gasteiger partial charge in [0.2, 0.25) is 0 Å². The Labute approximate surface area is 130 Å². The third-order valence-corrected chi connectivity index (χ3v) is 4.55. The summed E-state index contributed by atoms with van der Waals surface area (Å²) >= 11 is 0. The number of rotatable bonds is 3. The predicted octanol–water partition coefficient (Wildman–Crippen LogP) is 2.53. The fourth-order valence-electron chi connectivity index (χ4n) is 3.28. The Bertz CT molecular complexity index is 385. The number of benzene rings is 1. The molecule has 1 atom stereocenters. The first-order chi connectivity index (χ1) is 10.3. The van der Waals surface area contributed by atoms with Crippen LogP contribution in [0.4, 0.5) is 0 Å². The van der Waals surface area contributed by atoms with E-state index < -0.39 is 0 Å². The van der Waals surface area contributed by atoms with Crippen molar-refractivity contribution in [2.75, 3.05) is 46.3 Å². The molecule has 0 aliphatic carbocycles. The summed E-state index contributed by atoms with van der Waals surface area (Å²) < 4.78 is 0. The van der Waals surface area contributed by atoms with Crippen molar-refractivity contribution in [2.45, 2.75) is 32.9 Å². The molecule has 2 fully saturated rings. The summed E-state index contributed by atoms with van der Waals surface area (Å²) in [6.45, 7) is 12.6. The molecule has 2 saturated heterocycles. The van der Waals surface area contributed by atoms with Gasteiger partial charge in [-0.05, 0) is 19.0 Å². The standard InChI is InChI=1S/C16H25N3.C2H6/c1-17-9-11-19(12-10-17)16-7-8-18(14-16)13-15-5-3-2-4-6-15;1-2/h2-6,16H,7-14H2,1H3;1-2H3. The van der Waals surface area contributed by atoms with Crippen molar-refractivity contribution in [3.05, 3.63) is 35.9 Å². The van der Waals surface area contributed by atoms with E-state index in [1.807, 2.05) is 13.8 Å². The van der Waals surface area contributed by atoms with Crippen LogP contribution in [0.3, 0.4) is 0 Å². The van der Waals surface area contributed by atoms with Crippen molar-refractivity contribution >= 4 is 0 Å². The largest absolute Gasteiger partial charge is 0.304 e. The van der Waals surface area contributed by atoms with E-state index >= 15 is 0 Å². The van der Waals surface area contributed by atoms with Crippen LogP contribution in [0.25, 0.3) is 0 Å². The van der Waals surface area contributed by atoms with Crippen LogP contribution < -0.4 is 0 Å². The number of likely N-dealkylation sites (N-methyl/N-ethyl adjacent to an activating group) is 1. The van der Waals surface area contributed by atoms with Crippen LogP contribution in [0, 0.1) is 0 Å². The van der Waals surface area contributed by atoms with Gasteiger partial charge in [0.1, 0.15) is 0 Å². The van der Waals surface area contributed by atoms with Crippen LogP contribution in [0.5, 0.6) is 0 Å². The molecular weight excluding hydrogens is 258 g/mol. The topological polar surface area (TPSA) is 9.72 Å². The fourth-order valence-corrected chi connectivity index (χ4v) is 3.28. The molecule has 21 heavy (non-hydrogen) atoms. The van der Waals surface area contributed by atoms with Crippen LogP contribution in [-0.2, 0) is 6.54 Å². The maximum Gasteiger partial charge on any atom is 0.0236 e. The minimum atomic E-state index is 0.789. The summed E-state index contributed by atoms with van der Waals surface area (Å²) in [6, 6.07) is 11.6. The fraction of sp³-hybridized carbons (Fsp3) is 0.667. The van der Waals surface area contributed by atoms with Crippen LogP contribution in [0.1, 0.15) is 25.8 Å². The SMILES string of the molecule is CC.CN1CCN(C2CCN(Cc3ccccc3)C2)CC1. The number of nitrogens with zero attached hydrogens (tertiary/aromatic N) is 3. The van der Waals surface area contributed by atoms with Crippen LogP contribution in [0.15, 0.2) is 30.3 Å². The Morgan fingerprint density at radius 2 is 1.62 bits per heavy atom. The molecule has 2 heterocycles. The lowest BCUT2D eigenvalue weighted by Crippen LogP contribution is -2.49. The second kappa shape index (κ2) is 8.52. The molecule has 2 aliphatic heterocycles. The summed E-state index contributed by atoms with van der Waals surface area (Å²) in [6.07, 6.45) is 1.34. The Morgan fingerprint density at radius 3 is 2.29 bits per heavy atom. The third-order valence-electron chi connectivity index (χ3n) is 4.55. The van der Waals surface area contributed by atoms with Crippen LogP contribution in [0.2, 0.25) is 0 Å². The first-order valence-electron chi connectivity index (χ1n) is 8.50. The number of piperazine rings is 1. The number of hydrogen-bond acceptors (Lipinski definition) is 3. The molecule has 0 aromatic heterocycles. The van der Waals surface area contributed by atoms with Crippen LogP contribution >= 0.6 is 0 Å². The van der Waals surface area contributed by atoms with Crippen molar-refractivity contribution in [1.82, 2.24) is 14.7 Å². The molecule has 0 N–H and O–H groups in total. The molecule has 2 aliphatic rings. The summed E-state index contributed by atoms with van der Waals surface area (Å²) in [5.74, 6) is 0. The van der Waals surface area contributed by atoms with Gasteiger partial charge in [0, 0.05) is 51.9 Å². The molecule has 0 radical (unpaired) electrons. The molecule has 0 saturated carbocycles. The predicted molar refractivity (Wildman–Crippen MR) is 90.5 cm³/mol. The molecule has 1 aromatic rings. The molecule has 118 valence electrons. The molecule has 1 aromatic carbocycles. The minimum Gasteiger partial charge on any atom is -0.304 e. The molecule has 3 rings (SSSR count). The summed E-state index contributed by atoms with van der Waals surface area (Å²) in [7, 11) is 2.23. The Morgan fingerprint density at radius 1 is 0.952 bits per heavy atom. The van der Waals surface area contributed by atoms with E-state index in [1.54, 1.807) is 0 Å². The van der Waals surface area contributed by atoms with Gasteiger partial charge in [-0.25, -0.2) is 0 Å². The lowest BCUT2D eigenvalue weighted by atomic mass is 10.2. The van der Waals surface area contributed by atoms with Gasteiger partial charge in [-0.2, -0.15) is 0 Å². The van der Waals surface area contributed by atoms with E-state index in [4.69, 9.17) is 0 Å². The number of hydrogen-bond donors (Lipinski definition) is 0. The van der Waals surface area contributed by atoms with E-state index in [0.717, 1.165) is 12.6 Å². The molecule has 0 spiro atoms. The molecule has 3 nitrogen and oxygen atoms in total. The van der Waals surface area contributed by atoms with Gasteiger partial charge >= 0.3 is 0 Å². The zero-order valence-electron chi connectivity index (χ0n) is 14.0. The molecule has 0 bridgehead atoms. The van der Waals surface area contributed by atoms with Gasteiger partial charge in [-0.3, -0.25) is 9.80 Å². The average molecular weight is 289 g/mol. The van der Waals surface area contributed by atoms with Crippen LogP contribution in [-0.4, -0.2) is 67.1 Å². The number of likely N-dealkylation sites (tertiary alicyclic amines) is 1. The van der Waals surface area contributed by atoms with Gasteiger partial charge in [0.05, 0.1) is 0 Å². The van der Waals surface area contributed by atoms with E-state index in [0.29, 0.717) is 0 Å². The van der Waals surface area contributed by atoms with Crippen molar-refractivity contribution in [3.8, 4) is 0 Å². The summed E-state index contributed by atoms with van der Waals surface area (Å²) in [5.41, 5.74) is 1.45. The van der Waals surface area contributed by atoms with E-state index in [2.05, 4.69) is 52.1 Å². The van der Waals surface area contributed by atoms with Gasteiger partial charge < -0.3 is 4.90 Å². The highest BCUT2D eigenvalue weighted by atomic mass is 15.3. The minimum absolute atomic E-state index is 0.789. The zero-order valence-corrected chi connectivity index (χ0v) is 14.0. The van der Waals surface area contributed by atoms with Crippen molar-refractivity contribution in [2.24, 2.45) is 0 Å². The van der Waals surface area contributed by atoms with Gasteiger partial charge in [-0.1, -0.05) is 44.2 Å². The normalized spacial score (nSPS) is 24.6. The quantitative estimate of drug-likeness (QED) is 0.846. The lowest BCUT2D eigenvalue weighted by Gasteiger charge is -2.36. The molecular formula is C18H31N3. The highest BCUT2D eigenvalue weighted by Crippen LogP contribution is 2.19. The molecule has 1 unspecified atom stereocenters. The smallest absolute Gasteiger partial charge is 0.0236 e. The van der Waals surface area contributed by atoms with Crippen molar-refractivity contribution < 1.29 is 0 Å². The van der Waals surface area contributed by atoms with E-state index in [-0.39, 0.29) is 0 Å². The Hall–Kier alpha value is -0.900. The maximum atomic E-state index is 2.70. The molecule has 0 amide bonds. The summed E-state index contributed by atoms with van der Waals surface area (Å²) in [4.78, 5) is 7.75. The van der Waals surface area contributed by atoms with Crippen molar-refractivity contribution in [3.63, 3.8) is 0 Å². The van der Waals surface area contributed by atoms with E-state index in [9.17, 15) is 0 Å². The molecule has 3 heteroatoms. The highest BCUT2D eigenvalue weighted by molar-refractivity contribution is 5.14. The van der Waals surface area contributed by atoms with Gasteiger partial charge in [0.15, 0.2) is 0 Å². The van der Waals surface area contributed by atoms with E-state index in [1.165, 1.54) is 51.3 Å². The van der Waals surface area contributed by atoms with Crippen molar-refractivity contribution in [1.29, 1.82) is 0 Å². The summed E-state index contributed by atoms with van der Waals surface area (Å²) in [5, 5.41) is 0. The van der Waals surface area contributed by atoms with Gasteiger partial charge in [-0.15, -0.1) is 0 Å². The second-order valence-corrected chi connectivity index (χ2v) is 6.00. The Balaban J connectivity index is 0.000000774.